The number of phenolic OH excluding ortho intramolecular Hbond substituents is 1. The number of hydrogen-bond acceptors (Lipinski definition) is 5. The van der Waals surface area contributed by atoms with Gasteiger partial charge in [-0.15, -0.1) is 0 Å². The lowest BCUT2D eigenvalue weighted by Gasteiger charge is -2.06. The highest BCUT2D eigenvalue weighted by atomic mass is 35.5. The number of ether oxygens (including phenoxy) is 1. The normalized spacial score (nSPS) is 11.2. The van der Waals surface area contributed by atoms with Crippen LogP contribution in [0.15, 0.2) is 71.7 Å². The van der Waals surface area contributed by atoms with Crippen molar-refractivity contribution < 1.29 is 9.84 Å². The number of aromatic nitrogens is 1. The van der Waals surface area contributed by atoms with E-state index in [4.69, 9.17) is 32.9 Å². The number of methoxy groups -OCH3 is 1. The second-order valence-corrected chi connectivity index (χ2v) is 8.12. The molecule has 0 bridgehead atoms. The molecule has 0 unspecified atom stereocenters. The summed E-state index contributed by atoms with van der Waals surface area (Å²) < 4.78 is 5.15. The van der Waals surface area contributed by atoms with Crippen molar-refractivity contribution in [1.29, 1.82) is 0 Å². The Hall–Kier alpha value is -2.86. The quantitative estimate of drug-likeness (QED) is 0.323. The summed E-state index contributed by atoms with van der Waals surface area (Å²) in [5.41, 5.74) is 3.20. The Morgan fingerprint density at radius 1 is 0.967 bits per heavy atom. The van der Waals surface area contributed by atoms with Crippen LogP contribution in [0.1, 0.15) is 5.56 Å². The van der Waals surface area contributed by atoms with Crippen LogP contribution in [0.25, 0.3) is 21.7 Å². The van der Waals surface area contributed by atoms with Gasteiger partial charge in [0.25, 0.3) is 0 Å². The van der Waals surface area contributed by atoms with Gasteiger partial charge in [-0.1, -0.05) is 70.9 Å². The molecular weight excluding hydrogens is 439 g/mol. The molecular formula is C23H16Cl2N2O2S. The first kappa shape index (κ1) is 20.4. The van der Waals surface area contributed by atoms with Gasteiger partial charge in [-0.25, -0.2) is 9.98 Å². The average molecular weight is 455 g/mol. The fourth-order valence-corrected chi connectivity index (χ4v) is 4.41. The van der Waals surface area contributed by atoms with Crippen LogP contribution in [0.2, 0.25) is 10.0 Å². The molecule has 0 aliphatic carbocycles. The van der Waals surface area contributed by atoms with Crippen LogP contribution in [0, 0.1) is 0 Å². The highest BCUT2D eigenvalue weighted by Crippen LogP contribution is 2.44. The molecule has 0 saturated carbocycles. The molecule has 7 heteroatoms. The standard InChI is InChI=1S/C23H16Cl2N2O2S/c1-29-20-12-14(10-11-19(20)28)13-26-23-27-21(15-6-2-4-8-17(15)24)22(30-23)16-7-3-5-9-18(16)25/h2-13,28H,1H3/b26-13+. The van der Waals surface area contributed by atoms with Crippen molar-refractivity contribution in [3.05, 3.63) is 82.3 Å². The Bertz CT molecular complexity index is 1170. The Kier molecular flexibility index (Phi) is 6.04. The summed E-state index contributed by atoms with van der Waals surface area (Å²) in [5, 5.41) is 11.6. The summed E-state index contributed by atoms with van der Waals surface area (Å²) in [6.07, 6.45) is 1.67. The van der Waals surface area contributed by atoms with Gasteiger partial charge in [-0.2, -0.15) is 0 Å². The zero-order valence-corrected chi connectivity index (χ0v) is 18.2. The molecule has 30 heavy (non-hydrogen) atoms. The van der Waals surface area contributed by atoms with Crippen molar-refractivity contribution in [1.82, 2.24) is 4.98 Å². The monoisotopic (exact) mass is 454 g/mol. The van der Waals surface area contributed by atoms with Gasteiger partial charge >= 0.3 is 0 Å². The average Bonchev–Trinajstić information content (AvgIpc) is 3.17. The van der Waals surface area contributed by atoms with Crippen LogP contribution in [-0.2, 0) is 0 Å². The number of nitrogens with zero attached hydrogens (tertiary/aromatic N) is 2. The van der Waals surface area contributed by atoms with E-state index in [2.05, 4.69) is 4.99 Å². The van der Waals surface area contributed by atoms with Crippen molar-refractivity contribution in [2.45, 2.75) is 0 Å². The first-order valence-electron chi connectivity index (χ1n) is 8.98. The lowest BCUT2D eigenvalue weighted by molar-refractivity contribution is 0.373. The molecule has 0 radical (unpaired) electrons. The molecule has 0 fully saturated rings. The van der Waals surface area contributed by atoms with Crippen molar-refractivity contribution >= 4 is 45.9 Å². The van der Waals surface area contributed by atoms with E-state index in [0.717, 1.165) is 27.3 Å². The van der Waals surface area contributed by atoms with Crippen LogP contribution in [-0.4, -0.2) is 23.4 Å². The molecule has 0 spiro atoms. The number of rotatable bonds is 5. The summed E-state index contributed by atoms with van der Waals surface area (Å²) in [6.45, 7) is 0. The molecule has 0 aliphatic rings. The highest BCUT2D eigenvalue weighted by Gasteiger charge is 2.18. The van der Waals surface area contributed by atoms with E-state index < -0.39 is 0 Å². The predicted molar refractivity (Wildman–Crippen MR) is 125 cm³/mol. The topological polar surface area (TPSA) is 54.7 Å². The Labute approximate surface area is 188 Å². The van der Waals surface area contributed by atoms with E-state index in [9.17, 15) is 5.11 Å². The maximum Gasteiger partial charge on any atom is 0.210 e. The SMILES string of the molecule is COc1cc(/C=N/c2nc(-c3ccccc3Cl)c(-c3ccccc3Cl)s2)ccc1O. The lowest BCUT2D eigenvalue weighted by atomic mass is 10.1. The number of aromatic hydroxyl groups is 1. The number of hydrogen-bond donors (Lipinski definition) is 1. The van der Waals surface area contributed by atoms with Gasteiger partial charge in [-0.05, 0) is 35.9 Å². The third-order valence-electron chi connectivity index (χ3n) is 4.39. The van der Waals surface area contributed by atoms with E-state index in [0.29, 0.717) is 20.9 Å². The minimum atomic E-state index is 0.0749. The van der Waals surface area contributed by atoms with Gasteiger partial charge < -0.3 is 9.84 Å². The second-order valence-electron chi connectivity index (χ2n) is 6.32. The number of halogens is 2. The van der Waals surface area contributed by atoms with Gasteiger partial charge in [0.1, 0.15) is 0 Å². The largest absolute Gasteiger partial charge is 0.504 e. The number of phenols is 1. The summed E-state index contributed by atoms with van der Waals surface area (Å²) >= 11 is 14.3. The highest BCUT2D eigenvalue weighted by molar-refractivity contribution is 7.19. The van der Waals surface area contributed by atoms with Crippen LogP contribution < -0.4 is 4.74 Å². The molecule has 3 aromatic carbocycles. The molecule has 150 valence electrons. The van der Waals surface area contributed by atoms with E-state index in [-0.39, 0.29) is 5.75 Å². The van der Waals surface area contributed by atoms with E-state index in [1.807, 2.05) is 48.5 Å². The van der Waals surface area contributed by atoms with Crippen molar-refractivity contribution in [3.8, 4) is 33.2 Å². The molecule has 1 heterocycles. The first-order valence-corrected chi connectivity index (χ1v) is 10.6. The van der Waals surface area contributed by atoms with E-state index >= 15 is 0 Å². The third kappa shape index (κ3) is 4.19. The Morgan fingerprint density at radius 2 is 1.63 bits per heavy atom. The van der Waals surface area contributed by atoms with Gasteiger partial charge in [0.05, 0.1) is 22.7 Å². The Morgan fingerprint density at radius 3 is 2.30 bits per heavy atom. The maximum atomic E-state index is 9.76. The van der Waals surface area contributed by atoms with Gasteiger partial charge in [0.15, 0.2) is 11.5 Å². The van der Waals surface area contributed by atoms with Crippen molar-refractivity contribution in [2.24, 2.45) is 4.99 Å². The summed E-state index contributed by atoms with van der Waals surface area (Å²) in [5.74, 6) is 0.456. The van der Waals surface area contributed by atoms with Gasteiger partial charge in [-0.3, -0.25) is 0 Å². The number of thiazole rings is 1. The predicted octanol–water partition coefficient (Wildman–Crippen LogP) is 7.25. The van der Waals surface area contributed by atoms with E-state index in [1.165, 1.54) is 18.4 Å². The first-order chi connectivity index (χ1) is 14.6. The smallest absolute Gasteiger partial charge is 0.210 e. The van der Waals surface area contributed by atoms with Crippen LogP contribution in [0.4, 0.5) is 5.13 Å². The fourth-order valence-electron chi connectivity index (χ4n) is 2.93. The molecule has 1 N–H and O–H groups in total. The minimum Gasteiger partial charge on any atom is -0.504 e. The number of benzene rings is 3. The van der Waals surface area contributed by atoms with Gasteiger partial charge in [0, 0.05) is 22.4 Å². The van der Waals surface area contributed by atoms with Crippen molar-refractivity contribution in [2.75, 3.05) is 7.11 Å². The third-order valence-corrected chi connectivity index (χ3v) is 6.05. The van der Waals surface area contributed by atoms with E-state index in [1.54, 1.807) is 24.4 Å². The maximum absolute atomic E-state index is 9.76. The van der Waals surface area contributed by atoms with Crippen LogP contribution in [0.3, 0.4) is 0 Å². The van der Waals surface area contributed by atoms with Crippen LogP contribution in [0.5, 0.6) is 11.5 Å². The molecule has 0 aliphatic heterocycles. The molecule has 0 amide bonds. The summed E-state index contributed by atoms with van der Waals surface area (Å²) in [4.78, 5) is 10.2. The van der Waals surface area contributed by atoms with Crippen LogP contribution >= 0.6 is 34.5 Å². The molecule has 0 atom stereocenters. The molecule has 4 aromatic rings. The molecule has 1 aromatic heterocycles. The molecule has 4 nitrogen and oxygen atoms in total. The second kappa shape index (κ2) is 8.88. The van der Waals surface area contributed by atoms with Crippen molar-refractivity contribution in [3.63, 3.8) is 0 Å². The number of aliphatic imine (C=N–C) groups is 1. The Balaban J connectivity index is 1.80. The molecule has 4 rings (SSSR count). The molecule has 0 saturated heterocycles. The zero-order valence-electron chi connectivity index (χ0n) is 15.8. The zero-order chi connectivity index (χ0) is 21.1. The fraction of sp³-hybridized carbons (Fsp3) is 0.0435. The lowest BCUT2D eigenvalue weighted by Crippen LogP contribution is -1.87. The summed E-state index contributed by atoms with van der Waals surface area (Å²) in [6, 6.07) is 20.2. The van der Waals surface area contributed by atoms with Gasteiger partial charge in [0.2, 0.25) is 5.13 Å². The summed E-state index contributed by atoms with van der Waals surface area (Å²) in [7, 11) is 1.50. The minimum absolute atomic E-state index is 0.0749.